The number of aromatic nitrogens is 1. The minimum Gasteiger partial charge on any atom is -0.353 e. The molecule has 7 nitrogen and oxygen atoms in total. The van der Waals surface area contributed by atoms with Crippen molar-refractivity contribution in [2.45, 2.75) is 4.84 Å². The Balaban J connectivity index is 1.97. The molecule has 0 bridgehead atoms. The van der Waals surface area contributed by atoms with E-state index in [1.165, 1.54) is 12.3 Å². The normalized spacial score (nSPS) is 15.6. The molecule has 20 heavy (non-hydrogen) atoms. The van der Waals surface area contributed by atoms with Crippen molar-refractivity contribution in [3.05, 3.63) is 28.4 Å². The number of pyridine rings is 1. The second-order valence-corrected chi connectivity index (χ2v) is 5.34. The third kappa shape index (κ3) is 3.29. The van der Waals surface area contributed by atoms with E-state index < -0.39 is 9.76 Å². The number of amides is 1. The predicted molar refractivity (Wildman–Crippen MR) is 75.2 cm³/mol. The summed E-state index contributed by atoms with van der Waals surface area (Å²) in [6.07, 6.45) is 1.22. The van der Waals surface area contributed by atoms with Crippen LogP contribution in [0.4, 0.5) is 11.5 Å². The first-order chi connectivity index (χ1) is 9.49. The van der Waals surface area contributed by atoms with Gasteiger partial charge in [-0.1, -0.05) is 23.2 Å². The van der Waals surface area contributed by atoms with Crippen LogP contribution < -0.4 is 4.90 Å². The highest BCUT2D eigenvalue weighted by Gasteiger charge is 2.25. The van der Waals surface area contributed by atoms with Crippen LogP contribution >= 0.6 is 23.2 Å². The summed E-state index contributed by atoms with van der Waals surface area (Å²) < 4.78 is 0. The second kappa shape index (κ2) is 6.23. The van der Waals surface area contributed by atoms with Crippen LogP contribution in [0.5, 0.6) is 0 Å². The highest BCUT2D eigenvalue weighted by molar-refractivity contribution is 6.53. The standard InChI is InChI=1S/C11H12Cl2N4O3/c12-10(13)11(18)16-5-3-15(4-6-16)9-2-1-8(7-14-9)17(19)20/h1-2,7,10H,3-6H2. The molecule has 0 atom stereocenters. The van der Waals surface area contributed by atoms with Crippen molar-refractivity contribution in [2.75, 3.05) is 31.1 Å². The molecule has 0 unspecified atom stereocenters. The van der Waals surface area contributed by atoms with Crippen molar-refractivity contribution in [3.63, 3.8) is 0 Å². The molecule has 0 aromatic carbocycles. The Kier molecular flexibility index (Phi) is 4.61. The number of hydrogen-bond acceptors (Lipinski definition) is 5. The van der Waals surface area contributed by atoms with Crippen LogP contribution in [0.2, 0.25) is 0 Å². The number of alkyl halides is 2. The van der Waals surface area contributed by atoms with Crippen molar-refractivity contribution in [1.82, 2.24) is 9.88 Å². The zero-order chi connectivity index (χ0) is 14.7. The number of halogens is 2. The van der Waals surface area contributed by atoms with Crippen LogP contribution in [-0.4, -0.2) is 51.7 Å². The number of anilines is 1. The summed E-state index contributed by atoms with van der Waals surface area (Å²) in [5.41, 5.74) is -0.0466. The van der Waals surface area contributed by atoms with Crippen LogP contribution in [-0.2, 0) is 4.79 Å². The maximum atomic E-state index is 11.6. The van der Waals surface area contributed by atoms with Gasteiger partial charge >= 0.3 is 0 Å². The van der Waals surface area contributed by atoms with E-state index in [4.69, 9.17) is 23.2 Å². The van der Waals surface area contributed by atoms with Crippen molar-refractivity contribution < 1.29 is 9.72 Å². The molecule has 9 heteroatoms. The lowest BCUT2D eigenvalue weighted by Gasteiger charge is -2.35. The zero-order valence-electron chi connectivity index (χ0n) is 10.4. The van der Waals surface area contributed by atoms with E-state index in [0.29, 0.717) is 32.0 Å². The lowest BCUT2D eigenvalue weighted by Crippen LogP contribution is -2.50. The van der Waals surface area contributed by atoms with Crippen molar-refractivity contribution >= 4 is 40.6 Å². The van der Waals surface area contributed by atoms with Crippen LogP contribution in [0.3, 0.4) is 0 Å². The first-order valence-corrected chi connectivity index (χ1v) is 6.78. The fraction of sp³-hybridized carbons (Fsp3) is 0.455. The average Bonchev–Trinajstić information content (AvgIpc) is 2.46. The van der Waals surface area contributed by atoms with E-state index in [9.17, 15) is 14.9 Å². The molecule has 1 fully saturated rings. The van der Waals surface area contributed by atoms with E-state index in [1.54, 1.807) is 11.0 Å². The summed E-state index contributed by atoms with van der Waals surface area (Å²) in [5.74, 6) is 0.348. The van der Waals surface area contributed by atoms with Crippen LogP contribution in [0.1, 0.15) is 0 Å². The predicted octanol–water partition coefficient (Wildman–Crippen LogP) is 1.44. The van der Waals surface area contributed by atoms with Crippen molar-refractivity contribution in [2.24, 2.45) is 0 Å². The average molecular weight is 319 g/mol. The molecule has 1 amide bonds. The zero-order valence-corrected chi connectivity index (χ0v) is 11.9. The summed E-state index contributed by atoms with van der Waals surface area (Å²) in [5, 5.41) is 10.6. The third-order valence-electron chi connectivity index (χ3n) is 3.05. The molecular weight excluding hydrogens is 307 g/mol. The van der Waals surface area contributed by atoms with Gasteiger partial charge in [0, 0.05) is 32.2 Å². The molecule has 0 radical (unpaired) electrons. The molecule has 0 spiro atoms. The van der Waals surface area contributed by atoms with E-state index >= 15 is 0 Å². The van der Waals surface area contributed by atoms with E-state index in [1.807, 2.05) is 4.90 Å². The minimum absolute atomic E-state index is 0.0466. The first kappa shape index (κ1) is 14.8. The molecule has 2 heterocycles. The number of piperazine rings is 1. The minimum atomic E-state index is -1.04. The molecular formula is C11H12Cl2N4O3. The summed E-state index contributed by atoms with van der Waals surface area (Å²) >= 11 is 11.1. The van der Waals surface area contributed by atoms with Gasteiger partial charge in [0.05, 0.1) is 4.92 Å². The van der Waals surface area contributed by atoms with Gasteiger partial charge in [0.25, 0.3) is 11.6 Å². The maximum Gasteiger partial charge on any atom is 0.287 e. The summed E-state index contributed by atoms with van der Waals surface area (Å²) in [7, 11) is 0. The Labute approximate surface area is 125 Å². The van der Waals surface area contributed by atoms with Gasteiger partial charge in [0.1, 0.15) is 12.0 Å². The molecule has 1 aromatic rings. The summed E-state index contributed by atoms with van der Waals surface area (Å²) in [6.45, 7) is 2.15. The van der Waals surface area contributed by atoms with E-state index in [-0.39, 0.29) is 11.6 Å². The van der Waals surface area contributed by atoms with Gasteiger partial charge < -0.3 is 9.80 Å². The molecule has 0 N–H and O–H groups in total. The molecule has 0 aliphatic carbocycles. The lowest BCUT2D eigenvalue weighted by atomic mass is 10.3. The van der Waals surface area contributed by atoms with Gasteiger partial charge in [0.15, 0.2) is 4.84 Å². The molecule has 2 rings (SSSR count). The number of rotatable bonds is 3. The van der Waals surface area contributed by atoms with Crippen LogP contribution in [0, 0.1) is 10.1 Å². The smallest absolute Gasteiger partial charge is 0.287 e. The Morgan fingerprint density at radius 1 is 1.30 bits per heavy atom. The number of carbonyl (C=O) groups excluding carboxylic acids is 1. The van der Waals surface area contributed by atoms with Gasteiger partial charge in [-0.3, -0.25) is 14.9 Å². The van der Waals surface area contributed by atoms with Gasteiger partial charge in [-0.15, -0.1) is 0 Å². The van der Waals surface area contributed by atoms with Crippen LogP contribution in [0.25, 0.3) is 0 Å². The molecule has 1 aliphatic heterocycles. The van der Waals surface area contributed by atoms with E-state index in [0.717, 1.165) is 0 Å². The van der Waals surface area contributed by atoms with Gasteiger partial charge in [-0.25, -0.2) is 4.98 Å². The number of carbonyl (C=O) groups is 1. The highest BCUT2D eigenvalue weighted by Crippen LogP contribution is 2.18. The highest BCUT2D eigenvalue weighted by atomic mass is 35.5. The summed E-state index contributed by atoms with van der Waals surface area (Å²) in [6, 6.07) is 3.01. The van der Waals surface area contributed by atoms with E-state index in [2.05, 4.69) is 4.98 Å². The maximum absolute atomic E-state index is 11.6. The fourth-order valence-corrected chi connectivity index (χ4v) is 2.24. The number of hydrogen-bond donors (Lipinski definition) is 0. The largest absolute Gasteiger partial charge is 0.353 e. The molecule has 108 valence electrons. The van der Waals surface area contributed by atoms with Crippen molar-refractivity contribution in [3.8, 4) is 0 Å². The topological polar surface area (TPSA) is 79.6 Å². The van der Waals surface area contributed by atoms with Gasteiger partial charge in [-0.2, -0.15) is 0 Å². The Hall–Kier alpha value is -1.60. The van der Waals surface area contributed by atoms with Gasteiger partial charge in [0.2, 0.25) is 0 Å². The second-order valence-electron chi connectivity index (χ2n) is 4.24. The third-order valence-corrected chi connectivity index (χ3v) is 3.42. The van der Waals surface area contributed by atoms with Crippen LogP contribution in [0.15, 0.2) is 18.3 Å². The quantitative estimate of drug-likeness (QED) is 0.478. The molecule has 1 aliphatic rings. The molecule has 0 saturated carbocycles. The lowest BCUT2D eigenvalue weighted by molar-refractivity contribution is -0.385. The number of nitrogens with zero attached hydrogens (tertiary/aromatic N) is 4. The Morgan fingerprint density at radius 2 is 1.95 bits per heavy atom. The number of nitro groups is 1. The Morgan fingerprint density at radius 3 is 2.40 bits per heavy atom. The van der Waals surface area contributed by atoms with Crippen molar-refractivity contribution in [1.29, 1.82) is 0 Å². The Bertz CT molecular complexity index is 501. The summed E-state index contributed by atoms with van der Waals surface area (Å²) in [4.78, 5) is 28.2. The monoisotopic (exact) mass is 318 g/mol. The fourth-order valence-electron chi connectivity index (χ4n) is 1.97. The molecule has 1 aromatic heterocycles. The SMILES string of the molecule is O=C(C(Cl)Cl)N1CCN(c2ccc([N+](=O)[O-])cn2)CC1. The molecule has 1 saturated heterocycles. The van der Waals surface area contributed by atoms with Gasteiger partial charge in [-0.05, 0) is 6.07 Å². The first-order valence-electron chi connectivity index (χ1n) is 5.91.